The predicted octanol–water partition coefficient (Wildman–Crippen LogP) is -0.970. The summed E-state index contributed by atoms with van der Waals surface area (Å²) in [6.45, 7) is 3.84. The van der Waals surface area contributed by atoms with E-state index in [2.05, 4.69) is 30.3 Å². The van der Waals surface area contributed by atoms with E-state index in [9.17, 15) is 9.59 Å². The van der Waals surface area contributed by atoms with Crippen molar-refractivity contribution in [1.82, 2.24) is 9.88 Å². The van der Waals surface area contributed by atoms with Gasteiger partial charge in [-0.2, -0.15) is 0 Å². The number of carbonyl (C=O) groups is 2. The molecule has 2 heterocycles. The first-order valence-corrected chi connectivity index (χ1v) is 11.6. The summed E-state index contributed by atoms with van der Waals surface area (Å²) in [4.78, 5) is 23.9. The van der Waals surface area contributed by atoms with Crippen LogP contribution in [0.3, 0.4) is 0 Å². The Bertz CT molecular complexity index is 1080. The van der Waals surface area contributed by atoms with Gasteiger partial charge < -0.3 is 0 Å². The molecule has 6 heteroatoms. The summed E-state index contributed by atoms with van der Waals surface area (Å²) in [5.74, 6) is 0.0341. The van der Waals surface area contributed by atoms with E-state index in [1.165, 1.54) is 6.92 Å². The molecule has 3 rings (SSSR count). The van der Waals surface area contributed by atoms with Gasteiger partial charge in [0, 0.05) is 0 Å². The van der Waals surface area contributed by atoms with E-state index < -0.39 is 0 Å². The summed E-state index contributed by atoms with van der Waals surface area (Å²) < 4.78 is 11.8. The summed E-state index contributed by atoms with van der Waals surface area (Å²) in [6.07, 6.45) is 4.58. The topological polar surface area (TPSA) is 60.3 Å². The van der Waals surface area contributed by atoms with Gasteiger partial charge in [-0.05, 0) is 0 Å². The number of rotatable bonds is 6. The molecule has 0 spiro atoms. The number of benzene rings is 1. The summed E-state index contributed by atoms with van der Waals surface area (Å²) >= 11 is -0.308. The van der Waals surface area contributed by atoms with Crippen molar-refractivity contribution in [2.24, 2.45) is 7.05 Å². The molecule has 1 aliphatic rings. The average molecular weight is 491 g/mol. The Morgan fingerprint density at radius 1 is 1.21 bits per heavy atom. The zero-order valence-corrected chi connectivity index (χ0v) is 18.7. The fourth-order valence-electron chi connectivity index (χ4n) is 3.25. The molecule has 0 aliphatic carbocycles. The van der Waals surface area contributed by atoms with Gasteiger partial charge in [0.2, 0.25) is 0 Å². The van der Waals surface area contributed by atoms with Crippen molar-refractivity contribution in [3.63, 3.8) is 0 Å². The van der Waals surface area contributed by atoms with E-state index in [1.54, 1.807) is 7.11 Å². The molecule has 0 saturated carbocycles. The Morgan fingerprint density at radius 3 is 2.68 bits per heavy atom. The SMILES string of the molecule is CCC(=O)c1cc(COC)cc(-c2cn(C)c3c2=CC(NC(C)=O)=C[I-]C=3)c1. The van der Waals surface area contributed by atoms with Gasteiger partial charge in [-0.3, -0.25) is 0 Å². The number of ketones is 1. The van der Waals surface area contributed by atoms with E-state index in [1.807, 2.05) is 32.2 Å². The fourth-order valence-corrected chi connectivity index (χ4v) is 5.27. The Kier molecular flexibility index (Phi) is 6.51. The minimum absolute atomic E-state index is 0.0784. The van der Waals surface area contributed by atoms with Crippen LogP contribution in [0.5, 0.6) is 0 Å². The van der Waals surface area contributed by atoms with Gasteiger partial charge in [0.15, 0.2) is 0 Å². The first-order chi connectivity index (χ1) is 13.4. The number of ether oxygens (including phenoxy) is 1. The van der Waals surface area contributed by atoms with E-state index in [4.69, 9.17) is 4.74 Å². The third-order valence-corrected chi connectivity index (χ3v) is 6.47. The van der Waals surface area contributed by atoms with Crippen molar-refractivity contribution in [3.8, 4) is 11.1 Å². The molecular weight excluding hydrogens is 467 g/mol. The quantitative estimate of drug-likeness (QED) is 0.418. The first kappa shape index (κ1) is 20.5. The van der Waals surface area contributed by atoms with Crippen LogP contribution in [0, 0.1) is 0 Å². The van der Waals surface area contributed by atoms with Crippen LogP contribution in [-0.4, -0.2) is 23.4 Å². The molecule has 0 fully saturated rings. The number of fused-ring (bicyclic) bond motifs is 1. The molecule has 0 atom stereocenters. The predicted molar refractivity (Wildman–Crippen MR) is 106 cm³/mol. The van der Waals surface area contributed by atoms with Crippen LogP contribution < -0.4 is 37.1 Å². The van der Waals surface area contributed by atoms with Gasteiger partial charge in [0.25, 0.3) is 0 Å². The monoisotopic (exact) mass is 491 g/mol. The number of aromatic nitrogens is 1. The van der Waals surface area contributed by atoms with Crippen LogP contribution in [0.2, 0.25) is 0 Å². The molecule has 28 heavy (non-hydrogen) atoms. The van der Waals surface area contributed by atoms with Crippen LogP contribution in [0.4, 0.5) is 0 Å². The number of carbonyl (C=O) groups excluding carboxylic acids is 2. The molecule has 0 unspecified atom stereocenters. The van der Waals surface area contributed by atoms with E-state index in [-0.39, 0.29) is 32.9 Å². The van der Waals surface area contributed by atoms with Crippen LogP contribution in [0.25, 0.3) is 21.3 Å². The van der Waals surface area contributed by atoms with Crippen LogP contribution in [0.15, 0.2) is 34.2 Å². The van der Waals surface area contributed by atoms with E-state index >= 15 is 0 Å². The number of amides is 1. The summed E-state index contributed by atoms with van der Waals surface area (Å²) in [6, 6.07) is 5.93. The van der Waals surface area contributed by atoms with Gasteiger partial charge in [0.05, 0.1) is 0 Å². The van der Waals surface area contributed by atoms with Gasteiger partial charge in [0.1, 0.15) is 0 Å². The molecule has 5 nitrogen and oxygen atoms in total. The third-order valence-electron chi connectivity index (χ3n) is 4.49. The maximum absolute atomic E-state index is 12.4. The zero-order chi connectivity index (χ0) is 20.3. The molecule has 1 aromatic carbocycles. The second-order valence-electron chi connectivity index (χ2n) is 6.71. The molecule has 1 aliphatic heterocycles. The van der Waals surface area contributed by atoms with Crippen LogP contribution in [-0.2, 0) is 23.2 Å². The number of Topliss-reactive ketones (excluding diaryl/α,β-unsaturated/α-hetero) is 1. The third kappa shape index (κ3) is 4.44. The summed E-state index contributed by atoms with van der Waals surface area (Å²) in [5.41, 5.74) is 4.53. The Balaban J connectivity index is 2.22. The van der Waals surface area contributed by atoms with Gasteiger partial charge in [-0.15, -0.1) is 0 Å². The number of aryl methyl sites for hydroxylation is 1. The van der Waals surface area contributed by atoms with Crippen molar-refractivity contribution in [3.05, 3.63) is 55.9 Å². The zero-order valence-electron chi connectivity index (χ0n) is 16.5. The number of methoxy groups -OCH3 is 1. The fraction of sp³-hybridized carbons (Fsp3) is 0.273. The molecule has 0 bridgehead atoms. The second-order valence-corrected chi connectivity index (χ2v) is 8.67. The normalized spacial score (nSPS) is 13.2. The van der Waals surface area contributed by atoms with Crippen LogP contribution in [0.1, 0.15) is 36.2 Å². The molecule has 1 N–H and O–H groups in total. The Morgan fingerprint density at radius 2 is 2.00 bits per heavy atom. The van der Waals surface area contributed by atoms with Crippen molar-refractivity contribution in [2.45, 2.75) is 26.9 Å². The minimum atomic E-state index is -0.308. The van der Waals surface area contributed by atoms with Crippen molar-refractivity contribution in [2.75, 3.05) is 7.11 Å². The number of nitrogens with one attached hydrogen (secondary N) is 1. The molecule has 0 radical (unpaired) electrons. The number of hydrogen-bond donors (Lipinski definition) is 1. The molecule has 0 saturated heterocycles. The van der Waals surface area contributed by atoms with Crippen molar-refractivity contribution in [1.29, 1.82) is 0 Å². The summed E-state index contributed by atoms with van der Waals surface area (Å²) in [5, 5.41) is 5.11. The molecule has 148 valence electrons. The van der Waals surface area contributed by atoms with E-state index in [0.29, 0.717) is 18.6 Å². The number of halogens is 1. The molecule has 2 aromatic rings. The van der Waals surface area contributed by atoms with Gasteiger partial charge in [-0.1, -0.05) is 0 Å². The average Bonchev–Trinajstić information content (AvgIpc) is 2.83. The second kappa shape index (κ2) is 8.87. The van der Waals surface area contributed by atoms with Crippen molar-refractivity contribution >= 4 is 21.8 Å². The van der Waals surface area contributed by atoms with E-state index in [0.717, 1.165) is 33.0 Å². The van der Waals surface area contributed by atoms with Gasteiger partial charge >= 0.3 is 175 Å². The standard InChI is InChI=1S/C22H24IN2O3/c1-5-22(27)17-7-15(13-28-4)6-16(8-17)20-12-25(3)21-11-23-10-18(9-19(20)21)24-14(2)26/h6-12H,5,13H2,1-4H3,(H,24,26)/q-1. The number of hydrogen-bond acceptors (Lipinski definition) is 3. The maximum atomic E-state index is 12.4. The Hall–Kier alpha value is -2.19. The summed E-state index contributed by atoms with van der Waals surface area (Å²) in [7, 11) is 3.68. The number of nitrogens with zero attached hydrogens (tertiary/aromatic N) is 1. The molecule has 1 amide bonds. The first-order valence-electron chi connectivity index (χ1n) is 9.06. The van der Waals surface area contributed by atoms with Crippen LogP contribution >= 0.6 is 0 Å². The molecule has 1 aromatic heterocycles. The Labute approximate surface area is 175 Å². The van der Waals surface area contributed by atoms with Crippen molar-refractivity contribution < 1.29 is 35.5 Å². The number of allylic oxidation sites excluding steroid dienone is 1. The van der Waals surface area contributed by atoms with Gasteiger partial charge in [-0.25, -0.2) is 0 Å². The molecular formula is C22H24IN2O3-.